The fraction of sp³-hybridized carbons (Fsp3) is 0.421. The average Bonchev–Trinajstić information content (AvgIpc) is 2.66. The second-order valence-electron chi connectivity index (χ2n) is 7.02. The van der Waals surface area contributed by atoms with Crippen molar-refractivity contribution in [2.24, 2.45) is 5.92 Å². The van der Waals surface area contributed by atoms with Crippen LogP contribution in [0.5, 0.6) is 0 Å². The van der Waals surface area contributed by atoms with Crippen LogP contribution in [-0.4, -0.2) is 35.7 Å². The number of alkyl halides is 3. The third-order valence-electron chi connectivity index (χ3n) is 4.26. The maximum atomic E-state index is 13.0. The topological polar surface area (TPSA) is 110 Å². The van der Waals surface area contributed by atoms with Crippen LogP contribution in [0.3, 0.4) is 0 Å². The number of hydrogen-bond acceptors (Lipinski definition) is 5. The lowest BCUT2D eigenvalue weighted by atomic mass is 10.1. The van der Waals surface area contributed by atoms with E-state index in [0.717, 1.165) is 33.7 Å². The van der Waals surface area contributed by atoms with Gasteiger partial charge < -0.3 is 10.5 Å². The summed E-state index contributed by atoms with van der Waals surface area (Å²) in [5.74, 6) is -0.955. The second-order valence-corrected chi connectivity index (χ2v) is 7.02. The van der Waals surface area contributed by atoms with Crippen molar-refractivity contribution in [2.45, 2.75) is 26.6 Å². The van der Waals surface area contributed by atoms with Crippen molar-refractivity contribution in [1.29, 1.82) is 0 Å². The number of nitrogens with zero attached hydrogens (tertiary/aromatic N) is 2. The van der Waals surface area contributed by atoms with Crippen molar-refractivity contribution >= 4 is 17.4 Å². The number of H-pyrrole nitrogens is 1. The molecule has 0 fully saturated rings. The molecule has 0 atom stereocenters. The van der Waals surface area contributed by atoms with Crippen molar-refractivity contribution in [3.8, 4) is 0 Å². The predicted molar refractivity (Wildman–Crippen MR) is 106 cm³/mol. The number of hydrogen-bond donors (Lipinski definition) is 2. The van der Waals surface area contributed by atoms with Crippen molar-refractivity contribution in [3.05, 3.63) is 56.2 Å². The summed E-state index contributed by atoms with van der Waals surface area (Å²) >= 11 is 0. The minimum Gasteiger partial charge on any atom is -0.383 e. The van der Waals surface area contributed by atoms with Crippen LogP contribution in [0.2, 0.25) is 0 Å². The molecular weight excluding hydrogens is 405 g/mol. The zero-order valence-electron chi connectivity index (χ0n) is 16.7. The number of carbonyl (C=O) groups is 1. The van der Waals surface area contributed by atoms with Gasteiger partial charge in [0.15, 0.2) is 5.69 Å². The third-order valence-corrected chi connectivity index (χ3v) is 4.26. The Bertz CT molecular complexity index is 1010. The largest absolute Gasteiger partial charge is 0.416 e. The number of carbonyl (C=O) groups excluding carboxylic acids is 1. The van der Waals surface area contributed by atoms with E-state index >= 15 is 0 Å². The summed E-state index contributed by atoms with van der Waals surface area (Å²) in [5.41, 5.74) is 3.20. The quantitative estimate of drug-likeness (QED) is 0.702. The van der Waals surface area contributed by atoms with Crippen LogP contribution in [0.25, 0.3) is 0 Å². The van der Waals surface area contributed by atoms with Crippen LogP contribution < -0.4 is 21.9 Å². The van der Waals surface area contributed by atoms with Gasteiger partial charge in [0.2, 0.25) is 0 Å². The summed E-state index contributed by atoms with van der Waals surface area (Å²) in [4.78, 5) is 40.8. The Morgan fingerprint density at radius 1 is 1.23 bits per heavy atom. The van der Waals surface area contributed by atoms with Crippen LogP contribution >= 0.6 is 0 Å². The van der Waals surface area contributed by atoms with Crippen LogP contribution in [-0.2, 0) is 17.5 Å². The molecule has 1 heterocycles. The van der Waals surface area contributed by atoms with Crippen LogP contribution in [0.15, 0.2) is 33.9 Å². The molecule has 1 amide bonds. The molecule has 0 radical (unpaired) electrons. The van der Waals surface area contributed by atoms with Gasteiger partial charge in [-0.3, -0.25) is 24.0 Å². The Morgan fingerprint density at radius 3 is 2.33 bits per heavy atom. The summed E-state index contributed by atoms with van der Waals surface area (Å²) in [5, 5.41) is 0. The van der Waals surface area contributed by atoms with E-state index in [0.29, 0.717) is 0 Å². The van der Waals surface area contributed by atoms with Crippen molar-refractivity contribution in [3.63, 3.8) is 0 Å². The Kier molecular flexibility index (Phi) is 7.08. The lowest BCUT2D eigenvalue weighted by Crippen LogP contribution is -2.42. The Labute approximate surface area is 170 Å². The Morgan fingerprint density at radius 2 is 1.83 bits per heavy atom. The van der Waals surface area contributed by atoms with Gasteiger partial charge in [0, 0.05) is 25.8 Å². The van der Waals surface area contributed by atoms with E-state index in [2.05, 4.69) is 4.98 Å². The SMILES string of the molecule is COCCN(C(=O)c1ccc(C(F)(F)F)cc1)c1c(N)n(CC(C)C)c(=O)[nH]c1=O. The molecule has 1 aromatic heterocycles. The van der Waals surface area contributed by atoms with Gasteiger partial charge in [-0.25, -0.2) is 4.79 Å². The molecule has 0 bridgehead atoms. The van der Waals surface area contributed by atoms with E-state index in [1.807, 2.05) is 13.8 Å². The third kappa shape index (κ3) is 5.09. The monoisotopic (exact) mass is 428 g/mol. The van der Waals surface area contributed by atoms with Gasteiger partial charge in [0.1, 0.15) is 5.82 Å². The van der Waals surface area contributed by atoms with E-state index in [9.17, 15) is 27.6 Å². The molecule has 3 N–H and O–H groups in total. The first-order valence-corrected chi connectivity index (χ1v) is 9.08. The van der Waals surface area contributed by atoms with Gasteiger partial charge in [-0.2, -0.15) is 13.2 Å². The van der Waals surface area contributed by atoms with E-state index in [1.165, 1.54) is 7.11 Å². The molecule has 0 saturated heterocycles. The van der Waals surface area contributed by atoms with Gasteiger partial charge in [-0.15, -0.1) is 0 Å². The first-order valence-electron chi connectivity index (χ1n) is 9.08. The number of benzene rings is 1. The predicted octanol–water partition coefficient (Wildman–Crippen LogP) is 2.09. The summed E-state index contributed by atoms with van der Waals surface area (Å²) in [6, 6.07) is 3.57. The van der Waals surface area contributed by atoms with Gasteiger partial charge in [0.05, 0.1) is 12.2 Å². The minimum atomic E-state index is -4.55. The molecule has 0 aliphatic rings. The molecule has 11 heteroatoms. The summed E-state index contributed by atoms with van der Waals surface area (Å²) in [6.07, 6.45) is -4.55. The number of amides is 1. The lowest BCUT2D eigenvalue weighted by molar-refractivity contribution is -0.137. The van der Waals surface area contributed by atoms with Crippen molar-refractivity contribution < 1.29 is 22.7 Å². The number of methoxy groups -OCH3 is 1. The number of nitrogens with two attached hydrogens (primary N) is 1. The second kappa shape index (κ2) is 9.16. The van der Waals surface area contributed by atoms with Crippen LogP contribution in [0, 0.1) is 5.92 Å². The Hall–Kier alpha value is -3.08. The van der Waals surface area contributed by atoms with E-state index in [4.69, 9.17) is 10.5 Å². The molecule has 164 valence electrons. The molecule has 2 aromatic rings. The highest BCUT2D eigenvalue weighted by molar-refractivity contribution is 6.07. The molecule has 8 nitrogen and oxygen atoms in total. The van der Waals surface area contributed by atoms with Crippen LogP contribution in [0.4, 0.5) is 24.7 Å². The van der Waals surface area contributed by atoms with Crippen LogP contribution in [0.1, 0.15) is 29.8 Å². The molecular formula is C19H23F3N4O4. The van der Waals surface area contributed by atoms with E-state index < -0.39 is 28.9 Å². The highest BCUT2D eigenvalue weighted by Gasteiger charge is 2.31. The number of ether oxygens (including phenoxy) is 1. The number of aromatic amines is 1. The lowest BCUT2D eigenvalue weighted by Gasteiger charge is -2.25. The number of aromatic nitrogens is 2. The number of nitrogens with one attached hydrogen (secondary N) is 1. The first kappa shape index (κ1) is 23.2. The molecule has 0 saturated carbocycles. The van der Waals surface area contributed by atoms with Gasteiger partial charge in [-0.05, 0) is 30.2 Å². The molecule has 0 spiro atoms. The fourth-order valence-corrected chi connectivity index (χ4v) is 2.84. The van der Waals surface area contributed by atoms with E-state index in [-0.39, 0.29) is 42.7 Å². The average molecular weight is 428 g/mol. The van der Waals surface area contributed by atoms with E-state index in [1.54, 1.807) is 0 Å². The van der Waals surface area contributed by atoms with Gasteiger partial charge in [-0.1, -0.05) is 13.8 Å². The van der Waals surface area contributed by atoms with Crippen molar-refractivity contribution in [2.75, 3.05) is 30.9 Å². The molecule has 0 aliphatic heterocycles. The number of anilines is 2. The minimum absolute atomic E-state index is 0.0155. The smallest absolute Gasteiger partial charge is 0.383 e. The highest BCUT2D eigenvalue weighted by atomic mass is 19.4. The summed E-state index contributed by atoms with van der Waals surface area (Å²) < 4.78 is 44.5. The molecule has 1 aromatic carbocycles. The maximum absolute atomic E-state index is 13.0. The summed E-state index contributed by atoms with van der Waals surface area (Å²) in [6.45, 7) is 3.79. The van der Waals surface area contributed by atoms with Crippen molar-refractivity contribution in [1.82, 2.24) is 9.55 Å². The van der Waals surface area contributed by atoms with Gasteiger partial charge in [0.25, 0.3) is 11.5 Å². The maximum Gasteiger partial charge on any atom is 0.416 e. The molecule has 0 aliphatic carbocycles. The molecule has 0 unspecified atom stereocenters. The number of halogens is 3. The fourth-order valence-electron chi connectivity index (χ4n) is 2.84. The number of nitrogen functional groups attached to an aromatic ring is 1. The number of rotatable bonds is 7. The standard InChI is InChI=1S/C19H23F3N4O4/c1-11(2)10-26-15(23)14(16(27)24-18(26)29)25(8-9-30-3)17(28)12-4-6-13(7-5-12)19(20,21)22/h4-7,11H,8-10,23H2,1-3H3,(H,24,27,29). The normalized spacial score (nSPS) is 11.7. The Balaban J connectivity index is 2.56. The summed E-state index contributed by atoms with van der Waals surface area (Å²) in [7, 11) is 1.38. The van der Waals surface area contributed by atoms with Gasteiger partial charge >= 0.3 is 11.9 Å². The highest BCUT2D eigenvalue weighted by Crippen LogP contribution is 2.29. The molecule has 2 rings (SSSR count). The zero-order valence-corrected chi connectivity index (χ0v) is 16.7. The zero-order chi connectivity index (χ0) is 22.6. The first-order chi connectivity index (χ1) is 14.0. The molecule has 30 heavy (non-hydrogen) atoms.